The van der Waals surface area contributed by atoms with Gasteiger partial charge in [0.1, 0.15) is 0 Å². The van der Waals surface area contributed by atoms with Crippen molar-refractivity contribution in [2.75, 3.05) is 4.72 Å². The molecule has 0 fully saturated rings. The van der Waals surface area contributed by atoms with Gasteiger partial charge >= 0.3 is 11.7 Å². The fourth-order valence-corrected chi connectivity index (χ4v) is 1.21. The SMILES string of the molecule is FC(F)(F)SNc1ccc(C(F)(F)F)cc1. The van der Waals surface area contributed by atoms with Crippen molar-refractivity contribution in [1.82, 2.24) is 0 Å². The van der Waals surface area contributed by atoms with Gasteiger partial charge in [-0.25, -0.2) is 0 Å². The first kappa shape index (κ1) is 13.0. The Morgan fingerprint density at radius 3 is 1.75 bits per heavy atom. The van der Waals surface area contributed by atoms with Crippen LogP contribution >= 0.6 is 11.9 Å². The smallest absolute Gasteiger partial charge is 0.323 e. The first-order chi connectivity index (χ1) is 7.18. The molecule has 0 aliphatic rings. The second-order valence-electron chi connectivity index (χ2n) is 2.72. The van der Waals surface area contributed by atoms with E-state index in [1.54, 1.807) is 0 Å². The Bertz CT molecular complexity index is 341. The van der Waals surface area contributed by atoms with E-state index >= 15 is 0 Å². The van der Waals surface area contributed by atoms with Crippen LogP contribution in [0.25, 0.3) is 0 Å². The topological polar surface area (TPSA) is 12.0 Å². The second-order valence-corrected chi connectivity index (χ2v) is 3.60. The lowest BCUT2D eigenvalue weighted by molar-refractivity contribution is -0.137. The van der Waals surface area contributed by atoms with Gasteiger partial charge in [-0.05, 0) is 24.3 Å². The third-order valence-electron chi connectivity index (χ3n) is 1.50. The van der Waals surface area contributed by atoms with Gasteiger partial charge < -0.3 is 4.72 Å². The Morgan fingerprint density at radius 1 is 0.875 bits per heavy atom. The molecule has 0 aliphatic heterocycles. The van der Waals surface area contributed by atoms with E-state index in [1.165, 1.54) is 0 Å². The van der Waals surface area contributed by atoms with Gasteiger partial charge in [-0.2, -0.15) is 26.3 Å². The van der Waals surface area contributed by atoms with Crippen LogP contribution < -0.4 is 4.72 Å². The lowest BCUT2D eigenvalue weighted by atomic mass is 10.2. The normalized spacial score (nSPS) is 12.6. The predicted molar refractivity (Wildman–Crippen MR) is 48.7 cm³/mol. The van der Waals surface area contributed by atoms with Gasteiger partial charge in [-0.3, -0.25) is 0 Å². The van der Waals surface area contributed by atoms with Crippen LogP contribution in [0, 0.1) is 0 Å². The zero-order chi connectivity index (χ0) is 12.4. The number of anilines is 1. The first-order valence-electron chi connectivity index (χ1n) is 3.86. The van der Waals surface area contributed by atoms with E-state index < -0.39 is 29.2 Å². The van der Waals surface area contributed by atoms with Crippen LogP contribution in [0.5, 0.6) is 0 Å². The average molecular weight is 261 g/mol. The molecule has 1 aromatic rings. The highest BCUT2D eigenvalue weighted by molar-refractivity contribution is 8.01. The van der Waals surface area contributed by atoms with Crippen molar-refractivity contribution in [2.24, 2.45) is 0 Å². The number of alkyl halides is 6. The molecular formula is C8H5F6NS. The maximum Gasteiger partial charge on any atom is 0.461 e. The van der Waals surface area contributed by atoms with Gasteiger partial charge in [0, 0.05) is 5.69 Å². The van der Waals surface area contributed by atoms with E-state index in [0.29, 0.717) is 12.1 Å². The zero-order valence-electron chi connectivity index (χ0n) is 7.49. The zero-order valence-corrected chi connectivity index (χ0v) is 8.30. The van der Waals surface area contributed by atoms with Crippen molar-refractivity contribution in [1.29, 1.82) is 0 Å². The molecule has 0 bridgehead atoms. The van der Waals surface area contributed by atoms with Gasteiger partial charge in [0.25, 0.3) is 0 Å². The lowest BCUT2D eigenvalue weighted by Gasteiger charge is -2.10. The van der Waals surface area contributed by atoms with Crippen molar-refractivity contribution in [3.63, 3.8) is 0 Å². The van der Waals surface area contributed by atoms with Gasteiger partial charge in [0.05, 0.1) is 17.5 Å². The van der Waals surface area contributed by atoms with Crippen molar-refractivity contribution in [3.05, 3.63) is 29.8 Å². The molecule has 8 heteroatoms. The molecule has 16 heavy (non-hydrogen) atoms. The van der Waals surface area contributed by atoms with E-state index in [4.69, 9.17) is 0 Å². The Hall–Kier alpha value is -1.05. The molecule has 0 saturated carbocycles. The summed E-state index contributed by atoms with van der Waals surface area (Å²) >= 11 is -0.531. The van der Waals surface area contributed by atoms with Crippen LogP contribution in [0.3, 0.4) is 0 Å². The summed E-state index contributed by atoms with van der Waals surface area (Å²) in [5.74, 6) is 0. The average Bonchev–Trinajstić information content (AvgIpc) is 2.13. The van der Waals surface area contributed by atoms with E-state index in [1.807, 2.05) is 4.72 Å². The molecule has 0 heterocycles. The Balaban J connectivity index is 2.66. The number of benzene rings is 1. The largest absolute Gasteiger partial charge is 0.461 e. The van der Waals surface area contributed by atoms with Crippen molar-refractivity contribution >= 4 is 17.6 Å². The van der Waals surface area contributed by atoms with Crippen LogP contribution in [-0.2, 0) is 6.18 Å². The molecule has 90 valence electrons. The third-order valence-corrected chi connectivity index (χ3v) is 2.07. The minimum atomic E-state index is -4.49. The summed E-state index contributed by atoms with van der Waals surface area (Å²) in [6.07, 6.45) is -4.49. The molecule has 0 aromatic heterocycles. The van der Waals surface area contributed by atoms with Gasteiger partial charge in [-0.1, -0.05) is 0 Å². The Kier molecular flexibility index (Phi) is 3.61. The molecule has 0 radical (unpaired) electrons. The molecule has 1 rings (SSSR count). The number of rotatable bonds is 2. The second kappa shape index (κ2) is 4.44. The highest BCUT2D eigenvalue weighted by atomic mass is 32.2. The van der Waals surface area contributed by atoms with Gasteiger partial charge in [0.2, 0.25) is 0 Å². The fraction of sp³-hybridized carbons (Fsp3) is 0.250. The van der Waals surface area contributed by atoms with Crippen LogP contribution in [0.15, 0.2) is 24.3 Å². The molecule has 1 aromatic carbocycles. The standard InChI is InChI=1S/C8H5F6NS/c9-7(10,11)5-1-3-6(4-2-5)15-16-8(12,13)14/h1-4,15H. The molecular weight excluding hydrogens is 256 g/mol. The molecule has 1 nitrogen and oxygen atoms in total. The minimum Gasteiger partial charge on any atom is -0.323 e. The Morgan fingerprint density at radius 2 is 1.38 bits per heavy atom. The van der Waals surface area contributed by atoms with Crippen LogP contribution in [0.4, 0.5) is 32.0 Å². The quantitative estimate of drug-likeness (QED) is 0.629. The summed E-state index contributed by atoms with van der Waals surface area (Å²) in [6.45, 7) is 0. The minimum absolute atomic E-state index is 0.0460. The number of nitrogens with one attached hydrogen (secondary N) is 1. The molecule has 0 unspecified atom stereocenters. The van der Waals surface area contributed by atoms with Crippen molar-refractivity contribution in [2.45, 2.75) is 11.7 Å². The van der Waals surface area contributed by atoms with Gasteiger partial charge in [0.15, 0.2) is 0 Å². The van der Waals surface area contributed by atoms with Crippen LogP contribution in [0.1, 0.15) is 5.56 Å². The highest BCUT2D eigenvalue weighted by Gasteiger charge is 2.31. The number of hydrogen-bond donors (Lipinski definition) is 1. The Labute approximate surface area is 91.0 Å². The monoisotopic (exact) mass is 261 g/mol. The summed E-state index contributed by atoms with van der Waals surface area (Å²) in [5, 5.41) is 0. The summed E-state index contributed by atoms with van der Waals surface area (Å²) < 4.78 is 73.3. The maximum absolute atomic E-state index is 12.1. The van der Waals surface area contributed by atoms with Crippen molar-refractivity contribution in [3.8, 4) is 0 Å². The summed E-state index contributed by atoms with van der Waals surface area (Å²) in [5.41, 5.74) is -5.44. The molecule has 1 N–H and O–H groups in total. The van der Waals surface area contributed by atoms with Gasteiger partial charge in [-0.15, -0.1) is 0 Å². The number of hydrogen-bond acceptors (Lipinski definition) is 2. The van der Waals surface area contributed by atoms with E-state index in [-0.39, 0.29) is 5.69 Å². The van der Waals surface area contributed by atoms with Crippen LogP contribution in [-0.4, -0.2) is 5.51 Å². The lowest BCUT2D eigenvalue weighted by Crippen LogP contribution is -2.06. The molecule has 0 saturated heterocycles. The van der Waals surface area contributed by atoms with E-state index in [9.17, 15) is 26.3 Å². The predicted octanol–water partition coefficient (Wildman–Crippen LogP) is 4.29. The molecule has 0 spiro atoms. The van der Waals surface area contributed by atoms with Crippen LogP contribution in [0.2, 0.25) is 0 Å². The maximum atomic E-state index is 12.1. The van der Waals surface area contributed by atoms with E-state index in [2.05, 4.69) is 0 Å². The highest BCUT2D eigenvalue weighted by Crippen LogP contribution is 2.33. The van der Waals surface area contributed by atoms with E-state index in [0.717, 1.165) is 12.1 Å². The number of halogens is 6. The summed E-state index contributed by atoms with van der Waals surface area (Å²) in [4.78, 5) is 0. The fourth-order valence-electron chi connectivity index (χ4n) is 0.844. The summed E-state index contributed by atoms with van der Waals surface area (Å²) in [6, 6.07) is 3.28. The third kappa shape index (κ3) is 4.21. The molecule has 0 atom stereocenters. The van der Waals surface area contributed by atoms with Crippen molar-refractivity contribution < 1.29 is 26.3 Å². The first-order valence-corrected chi connectivity index (χ1v) is 4.68. The summed E-state index contributed by atoms with van der Waals surface area (Å²) in [7, 11) is 0. The molecule has 0 amide bonds. The molecule has 0 aliphatic carbocycles.